The first kappa shape index (κ1) is 15.7. The van der Waals surface area contributed by atoms with Crippen LogP contribution in [0.1, 0.15) is 12.5 Å². The second-order valence-corrected chi connectivity index (χ2v) is 5.77. The molecule has 21 heavy (non-hydrogen) atoms. The number of hydrogen-bond donors (Lipinski definition) is 1. The second kappa shape index (κ2) is 6.87. The maximum absolute atomic E-state index is 11.4. The molecule has 1 aliphatic heterocycles. The van der Waals surface area contributed by atoms with Crippen LogP contribution in [0, 0.1) is 0 Å². The molecule has 1 aromatic rings. The van der Waals surface area contributed by atoms with Crippen LogP contribution in [-0.4, -0.2) is 72.2 Å². The molecule has 0 radical (unpaired) electrons. The average Bonchev–Trinajstić information content (AvgIpc) is 2.61. The van der Waals surface area contributed by atoms with E-state index in [-0.39, 0.29) is 5.91 Å². The van der Waals surface area contributed by atoms with Gasteiger partial charge in [0, 0.05) is 59.9 Å². The quantitative estimate of drug-likeness (QED) is 0.861. The molecular weight excluding hydrogens is 268 g/mol. The van der Waals surface area contributed by atoms with Gasteiger partial charge in [-0.1, -0.05) is 6.07 Å². The lowest BCUT2D eigenvalue weighted by molar-refractivity contribution is -0.129. The van der Waals surface area contributed by atoms with Crippen molar-refractivity contribution >= 4 is 11.7 Å². The standard InChI is InChI=1S/C15H24N4O2/c1-12(20)19-7-6-18(10-14(21)11-19)9-13-4-5-15(16-8-13)17(2)3/h4-5,8,14,21H,6-7,9-11H2,1-3H3/t14-/m0/s1. The van der Waals surface area contributed by atoms with Crippen LogP contribution in [0.4, 0.5) is 5.82 Å². The van der Waals surface area contributed by atoms with E-state index < -0.39 is 6.10 Å². The third-order valence-electron chi connectivity index (χ3n) is 3.71. The molecule has 0 aromatic carbocycles. The summed E-state index contributed by atoms with van der Waals surface area (Å²) in [5, 5.41) is 10.0. The molecule has 1 aromatic heterocycles. The van der Waals surface area contributed by atoms with Crippen LogP contribution in [0.2, 0.25) is 0 Å². The van der Waals surface area contributed by atoms with E-state index in [1.165, 1.54) is 0 Å². The van der Waals surface area contributed by atoms with Crippen LogP contribution in [-0.2, 0) is 11.3 Å². The number of aliphatic hydroxyl groups is 1. The zero-order chi connectivity index (χ0) is 15.4. The van der Waals surface area contributed by atoms with Gasteiger partial charge in [-0.05, 0) is 11.6 Å². The summed E-state index contributed by atoms with van der Waals surface area (Å²) in [5.41, 5.74) is 1.11. The number of hydrogen-bond acceptors (Lipinski definition) is 5. The number of amides is 1. The lowest BCUT2D eigenvalue weighted by Crippen LogP contribution is -2.36. The predicted octanol–water partition coefficient (Wildman–Crippen LogP) is 0.173. The van der Waals surface area contributed by atoms with Crippen LogP contribution in [0.25, 0.3) is 0 Å². The van der Waals surface area contributed by atoms with Crippen molar-refractivity contribution in [3.63, 3.8) is 0 Å². The molecule has 2 rings (SSSR count). The minimum atomic E-state index is -0.495. The van der Waals surface area contributed by atoms with Crippen molar-refractivity contribution in [1.29, 1.82) is 0 Å². The summed E-state index contributed by atoms with van der Waals surface area (Å²) >= 11 is 0. The first-order valence-corrected chi connectivity index (χ1v) is 7.24. The van der Waals surface area contributed by atoms with E-state index in [0.717, 1.165) is 24.5 Å². The first-order valence-electron chi connectivity index (χ1n) is 7.24. The van der Waals surface area contributed by atoms with Crippen LogP contribution in [0.3, 0.4) is 0 Å². The van der Waals surface area contributed by atoms with Gasteiger partial charge in [0.15, 0.2) is 0 Å². The molecule has 6 heteroatoms. The van der Waals surface area contributed by atoms with Crippen molar-refractivity contribution in [1.82, 2.24) is 14.8 Å². The van der Waals surface area contributed by atoms with Gasteiger partial charge in [0.1, 0.15) is 5.82 Å². The fraction of sp³-hybridized carbons (Fsp3) is 0.600. The predicted molar refractivity (Wildman–Crippen MR) is 82.1 cm³/mol. The largest absolute Gasteiger partial charge is 0.390 e. The number of aromatic nitrogens is 1. The Balaban J connectivity index is 1.97. The van der Waals surface area contributed by atoms with Crippen LogP contribution in [0.15, 0.2) is 18.3 Å². The van der Waals surface area contributed by atoms with Crippen molar-refractivity contribution in [2.45, 2.75) is 19.6 Å². The molecule has 116 valence electrons. The summed E-state index contributed by atoms with van der Waals surface area (Å²) in [6.07, 6.45) is 1.38. The first-order chi connectivity index (χ1) is 9.95. The topological polar surface area (TPSA) is 59.9 Å². The Labute approximate surface area is 126 Å². The summed E-state index contributed by atoms with van der Waals surface area (Å²) in [6, 6.07) is 4.05. The summed E-state index contributed by atoms with van der Waals surface area (Å²) in [5.74, 6) is 0.949. The molecule has 1 aliphatic rings. The summed E-state index contributed by atoms with van der Waals surface area (Å²) in [6.45, 7) is 4.72. The lowest BCUT2D eigenvalue weighted by atomic mass is 10.2. The Hall–Kier alpha value is -1.66. The minimum Gasteiger partial charge on any atom is -0.390 e. The number of aliphatic hydroxyl groups excluding tert-OH is 1. The molecule has 1 amide bonds. The Kier molecular flexibility index (Phi) is 5.14. The number of nitrogens with zero attached hydrogens (tertiary/aromatic N) is 4. The van der Waals surface area contributed by atoms with Gasteiger partial charge in [0.2, 0.25) is 5.91 Å². The van der Waals surface area contributed by atoms with Gasteiger partial charge in [-0.15, -0.1) is 0 Å². The highest BCUT2D eigenvalue weighted by atomic mass is 16.3. The second-order valence-electron chi connectivity index (χ2n) is 5.77. The Morgan fingerprint density at radius 3 is 2.71 bits per heavy atom. The van der Waals surface area contributed by atoms with Gasteiger partial charge in [-0.25, -0.2) is 4.98 Å². The fourth-order valence-electron chi connectivity index (χ4n) is 2.52. The molecule has 0 aliphatic carbocycles. The molecule has 0 spiro atoms. The number of pyridine rings is 1. The number of rotatable bonds is 3. The number of carbonyl (C=O) groups excluding carboxylic acids is 1. The molecule has 0 bridgehead atoms. The highest BCUT2D eigenvalue weighted by Crippen LogP contribution is 2.12. The van der Waals surface area contributed by atoms with Gasteiger partial charge in [0.25, 0.3) is 0 Å². The fourth-order valence-corrected chi connectivity index (χ4v) is 2.52. The van der Waals surface area contributed by atoms with Crippen molar-refractivity contribution in [2.24, 2.45) is 0 Å². The van der Waals surface area contributed by atoms with Crippen LogP contribution in [0.5, 0.6) is 0 Å². The van der Waals surface area contributed by atoms with Gasteiger partial charge in [0.05, 0.1) is 6.10 Å². The average molecular weight is 292 g/mol. The third kappa shape index (κ3) is 4.41. The highest BCUT2D eigenvalue weighted by Gasteiger charge is 2.22. The van der Waals surface area contributed by atoms with E-state index in [1.807, 2.05) is 31.3 Å². The van der Waals surface area contributed by atoms with E-state index in [4.69, 9.17) is 0 Å². The van der Waals surface area contributed by atoms with Crippen molar-refractivity contribution in [3.8, 4) is 0 Å². The summed E-state index contributed by atoms with van der Waals surface area (Å²) in [4.78, 5) is 21.7. The zero-order valence-corrected chi connectivity index (χ0v) is 13.0. The van der Waals surface area contributed by atoms with Gasteiger partial charge >= 0.3 is 0 Å². The van der Waals surface area contributed by atoms with E-state index in [0.29, 0.717) is 19.6 Å². The number of anilines is 1. The molecule has 0 unspecified atom stereocenters. The number of carbonyl (C=O) groups is 1. The minimum absolute atomic E-state index is 0.0212. The summed E-state index contributed by atoms with van der Waals surface area (Å²) < 4.78 is 0. The van der Waals surface area contributed by atoms with E-state index in [1.54, 1.807) is 11.8 Å². The van der Waals surface area contributed by atoms with E-state index >= 15 is 0 Å². The Morgan fingerprint density at radius 1 is 1.38 bits per heavy atom. The molecule has 1 saturated heterocycles. The molecule has 1 fully saturated rings. The van der Waals surface area contributed by atoms with Crippen LogP contribution >= 0.6 is 0 Å². The molecular formula is C15H24N4O2. The molecule has 2 heterocycles. The zero-order valence-electron chi connectivity index (χ0n) is 13.0. The van der Waals surface area contributed by atoms with Gasteiger partial charge < -0.3 is 14.9 Å². The maximum atomic E-state index is 11.4. The molecule has 6 nitrogen and oxygen atoms in total. The highest BCUT2D eigenvalue weighted by molar-refractivity contribution is 5.73. The third-order valence-corrected chi connectivity index (χ3v) is 3.71. The Morgan fingerprint density at radius 2 is 2.14 bits per heavy atom. The van der Waals surface area contributed by atoms with Crippen LogP contribution < -0.4 is 4.90 Å². The smallest absolute Gasteiger partial charge is 0.219 e. The van der Waals surface area contributed by atoms with E-state index in [9.17, 15) is 9.90 Å². The maximum Gasteiger partial charge on any atom is 0.219 e. The van der Waals surface area contributed by atoms with Gasteiger partial charge in [-0.2, -0.15) is 0 Å². The monoisotopic (exact) mass is 292 g/mol. The normalized spacial score (nSPS) is 20.2. The SMILES string of the molecule is CC(=O)N1CCN(Cc2ccc(N(C)C)nc2)C[C@H](O)C1. The lowest BCUT2D eigenvalue weighted by Gasteiger charge is -2.21. The molecule has 1 atom stereocenters. The summed E-state index contributed by atoms with van der Waals surface area (Å²) in [7, 11) is 3.92. The van der Waals surface area contributed by atoms with Crippen molar-refractivity contribution < 1.29 is 9.90 Å². The van der Waals surface area contributed by atoms with Crippen molar-refractivity contribution in [2.75, 3.05) is 45.2 Å². The van der Waals surface area contributed by atoms with Crippen molar-refractivity contribution in [3.05, 3.63) is 23.9 Å². The molecule has 1 N–H and O–H groups in total. The number of β-amino-alcohol motifs (C(OH)–C–C–N with tert-alkyl or cyclic N) is 1. The van der Waals surface area contributed by atoms with E-state index in [2.05, 4.69) is 16.0 Å². The Bertz CT molecular complexity index is 475. The molecule has 0 saturated carbocycles. The van der Waals surface area contributed by atoms with Gasteiger partial charge in [-0.3, -0.25) is 9.69 Å².